The molecule has 2 aromatic carbocycles. The molecule has 0 amide bonds. The lowest BCUT2D eigenvalue weighted by Gasteiger charge is -2.12. The first kappa shape index (κ1) is 12.5. The zero-order valence-electron chi connectivity index (χ0n) is 9.68. The highest BCUT2D eigenvalue weighted by atomic mass is 35.5. The van der Waals surface area contributed by atoms with E-state index in [1.54, 1.807) is 42.5 Å². The van der Waals surface area contributed by atoms with Crippen molar-refractivity contribution in [3.05, 3.63) is 53.1 Å². The normalized spacial score (nSPS) is 10.1. The molecule has 2 aromatic rings. The van der Waals surface area contributed by atoms with Crippen LogP contribution in [0.1, 0.15) is 10.4 Å². The first-order valence-corrected chi connectivity index (χ1v) is 5.68. The van der Waals surface area contributed by atoms with Crippen molar-refractivity contribution in [2.24, 2.45) is 0 Å². The number of carboxylic acid groups (broad SMARTS) is 1. The summed E-state index contributed by atoms with van der Waals surface area (Å²) in [7, 11) is 1.53. The predicted molar refractivity (Wildman–Crippen MR) is 70.4 cm³/mol. The number of methoxy groups -OCH3 is 1. The number of rotatable bonds is 3. The maximum Gasteiger partial charge on any atom is 0.336 e. The summed E-state index contributed by atoms with van der Waals surface area (Å²) in [5.41, 5.74) is 1.34. The Labute approximate surface area is 110 Å². The zero-order valence-corrected chi connectivity index (χ0v) is 10.4. The number of ether oxygens (including phenoxy) is 1. The van der Waals surface area contributed by atoms with Gasteiger partial charge in [0.25, 0.3) is 0 Å². The van der Waals surface area contributed by atoms with E-state index in [2.05, 4.69) is 0 Å². The van der Waals surface area contributed by atoms with Gasteiger partial charge in [0.2, 0.25) is 0 Å². The molecule has 0 heterocycles. The van der Waals surface area contributed by atoms with Gasteiger partial charge in [0.15, 0.2) is 0 Å². The van der Waals surface area contributed by atoms with Gasteiger partial charge in [0.05, 0.1) is 17.7 Å². The first-order chi connectivity index (χ1) is 8.65. The van der Waals surface area contributed by atoms with Crippen LogP contribution >= 0.6 is 11.6 Å². The van der Waals surface area contributed by atoms with E-state index in [4.69, 9.17) is 16.3 Å². The molecule has 0 saturated heterocycles. The average Bonchev–Trinajstić information content (AvgIpc) is 2.38. The molecule has 0 fully saturated rings. The third kappa shape index (κ3) is 2.17. The topological polar surface area (TPSA) is 46.5 Å². The summed E-state index contributed by atoms with van der Waals surface area (Å²) >= 11 is 6.15. The predicted octanol–water partition coefficient (Wildman–Crippen LogP) is 3.71. The lowest BCUT2D eigenvalue weighted by Crippen LogP contribution is -2.00. The molecule has 2 rings (SSSR count). The van der Waals surface area contributed by atoms with E-state index in [1.165, 1.54) is 7.11 Å². The molecule has 0 aliphatic carbocycles. The zero-order chi connectivity index (χ0) is 13.1. The van der Waals surface area contributed by atoms with Crippen LogP contribution in [0.3, 0.4) is 0 Å². The number of carbonyl (C=O) groups is 1. The van der Waals surface area contributed by atoms with Crippen LogP contribution < -0.4 is 4.74 Å². The molecular formula is C14H11ClO3. The number of hydrogen-bond donors (Lipinski definition) is 1. The van der Waals surface area contributed by atoms with Gasteiger partial charge in [-0.1, -0.05) is 35.9 Å². The van der Waals surface area contributed by atoms with Crippen molar-refractivity contribution in [1.29, 1.82) is 0 Å². The maximum absolute atomic E-state index is 11.2. The van der Waals surface area contributed by atoms with Gasteiger partial charge < -0.3 is 9.84 Å². The van der Waals surface area contributed by atoms with E-state index in [1.807, 2.05) is 0 Å². The summed E-state index contributed by atoms with van der Waals surface area (Å²) < 4.78 is 5.24. The lowest BCUT2D eigenvalue weighted by atomic mass is 9.99. The van der Waals surface area contributed by atoms with Crippen LogP contribution in [-0.4, -0.2) is 18.2 Å². The fraction of sp³-hybridized carbons (Fsp3) is 0.0714. The Morgan fingerprint density at radius 2 is 1.89 bits per heavy atom. The molecule has 0 bridgehead atoms. The highest BCUT2D eigenvalue weighted by molar-refractivity contribution is 6.34. The van der Waals surface area contributed by atoms with Crippen LogP contribution in [0, 0.1) is 0 Å². The number of carboxylic acids is 1. The Morgan fingerprint density at radius 3 is 2.56 bits per heavy atom. The minimum absolute atomic E-state index is 0.198. The van der Waals surface area contributed by atoms with Crippen LogP contribution in [0.4, 0.5) is 0 Å². The second kappa shape index (κ2) is 5.10. The molecule has 0 atom stereocenters. The molecule has 0 radical (unpaired) electrons. The van der Waals surface area contributed by atoms with E-state index >= 15 is 0 Å². The van der Waals surface area contributed by atoms with Gasteiger partial charge in [-0.3, -0.25) is 0 Å². The van der Waals surface area contributed by atoms with Crippen molar-refractivity contribution in [2.75, 3.05) is 7.11 Å². The largest absolute Gasteiger partial charge is 0.496 e. The third-order valence-corrected chi connectivity index (χ3v) is 2.94. The molecular weight excluding hydrogens is 252 g/mol. The van der Waals surface area contributed by atoms with Crippen LogP contribution in [0.5, 0.6) is 5.75 Å². The van der Waals surface area contributed by atoms with Crippen molar-refractivity contribution in [3.8, 4) is 16.9 Å². The van der Waals surface area contributed by atoms with Crippen molar-refractivity contribution in [1.82, 2.24) is 0 Å². The number of hydrogen-bond acceptors (Lipinski definition) is 2. The summed E-state index contributed by atoms with van der Waals surface area (Å²) in [6, 6.07) is 11.9. The van der Waals surface area contributed by atoms with E-state index in [0.717, 1.165) is 0 Å². The van der Waals surface area contributed by atoms with Crippen molar-refractivity contribution in [2.45, 2.75) is 0 Å². The number of benzene rings is 2. The van der Waals surface area contributed by atoms with Crippen LogP contribution in [0.25, 0.3) is 11.1 Å². The quantitative estimate of drug-likeness (QED) is 0.917. The van der Waals surface area contributed by atoms with Gasteiger partial charge >= 0.3 is 5.97 Å². The molecule has 92 valence electrons. The van der Waals surface area contributed by atoms with Gasteiger partial charge in [-0.15, -0.1) is 0 Å². The smallest absolute Gasteiger partial charge is 0.336 e. The second-order valence-corrected chi connectivity index (χ2v) is 4.08. The Bertz CT molecular complexity index is 593. The van der Waals surface area contributed by atoms with Gasteiger partial charge in [-0.25, -0.2) is 4.79 Å². The minimum Gasteiger partial charge on any atom is -0.496 e. The number of halogens is 1. The van der Waals surface area contributed by atoms with Crippen molar-refractivity contribution >= 4 is 17.6 Å². The summed E-state index contributed by atoms with van der Waals surface area (Å²) in [4.78, 5) is 11.2. The molecule has 4 heteroatoms. The van der Waals surface area contributed by atoms with Crippen molar-refractivity contribution < 1.29 is 14.6 Å². The number of aromatic carboxylic acids is 1. The average molecular weight is 263 g/mol. The summed E-state index contributed by atoms with van der Waals surface area (Å²) in [6.45, 7) is 0. The van der Waals surface area contributed by atoms with Crippen LogP contribution in [0.2, 0.25) is 5.02 Å². The van der Waals surface area contributed by atoms with Gasteiger partial charge in [0, 0.05) is 11.1 Å². The van der Waals surface area contributed by atoms with Gasteiger partial charge in [-0.05, 0) is 18.2 Å². The maximum atomic E-state index is 11.2. The fourth-order valence-electron chi connectivity index (χ4n) is 1.82. The van der Waals surface area contributed by atoms with Gasteiger partial charge in [0.1, 0.15) is 5.75 Å². The molecule has 0 spiro atoms. The molecule has 0 aliphatic rings. The van der Waals surface area contributed by atoms with Crippen molar-refractivity contribution in [3.63, 3.8) is 0 Å². The molecule has 1 N–H and O–H groups in total. The third-order valence-electron chi connectivity index (χ3n) is 2.62. The molecule has 0 saturated carbocycles. The highest BCUT2D eigenvalue weighted by Gasteiger charge is 2.16. The highest BCUT2D eigenvalue weighted by Crippen LogP contribution is 2.37. The Morgan fingerprint density at radius 1 is 1.17 bits per heavy atom. The monoisotopic (exact) mass is 262 g/mol. The SMILES string of the molecule is COc1cccc(Cl)c1-c1ccccc1C(=O)O. The van der Waals surface area contributed by atoms with E-state index in [-0.39, 0.29) is 5.56 Å². The molecule has 0 aromatic heterocycles. The lowest BCUT2D eigenvalue weighted by molar-refractivity contribution is 0.0698. The van der Waals surface area contributed by atoms with E-state index < -0.39 is 5.97 Å². The summed E-state index contributed by atoms with van der Waals surface area (Å²) in [5.74, 6) is -0.441. The fourth-order valence-corrected chi connectivity index (χ4v) is 2.09. The first-order valence-electron chi connectivity index (χ1n) is 5.30. The molecule has 3 nitrogen and oxygen atoms in total. The van der Waals surface area contributed by atoms with Gasteiger partial charge in [-0.2, -0.15) is 0 Å². The molecule has 18 heavy (non-hydrogen) atoms. The van der Waals surface area contributed by atoms with E-state index in [0.29, 0.717) is 21.9 Å². The Hall–Kier alpha value is -2.00. The van der Waals surface area contributed by atoms with Crippen LogP contribution in [-0.2, 0) is 0 Å². The molecule has 0 unspecified atom stereocenters. The standard InChI is InChI=1S/C14H11ClO3/c1-18-12-8-4-7-11(15)13(12)9-5-2-3-6-10(9)14(16)17/h2-8H,1H3,(H,16,17). The minimum atomic E-state index is -0.993. The Balaban J connectivity index is 2.73. The Kier molecular flexibility index (Phi) is 3.53. The summed E-state index contributed by atoms with van der Waals surface area (Å²) in [6.07, 6.45) is 0. The second-order valence-electron chi connectivity index (χ2n) is 3.67. The van der Waals surface area contributed by atoms with E-state index in [9.17, 15) is 9.90 Å². The summed E-state index contributed by atoms with van der Waals surface area (Å²) in [5, 5.41) is 9.66. The molecule has 0 aliphatic heterocycles. The van der Waals surface area contributed by atoms with Crippen LogP contribution in [0.15, 0.2) is 42.5 Å².